The highest BCUT2D eigenvalue weighted by molar-refractivity contribution is 5.36. The lowest BCUT2D eigenvalue weighted by Crippen LogP contribution is -2.02. The van der Waals surface area contributed by atoms with Crippen LogP contribution < -0.4 is 4.74 Å². The number of aliphatic hydroxyl groups excluding tert-OH is 1. The normalized spacial score (nSPS) is 12.2. The van der Waals surface area contributed by atoms with Gasteiger partial charge in [0, 0.05) is 0 Å². The summed E-state index contributed by atoms with van der Waals surface area (Å²) in [6, 6.07) is 16.1. The predicted molar refractivity (Wildman–Crippen MR) is 77.5 cm³/mol. The number of hydrogen-bond acceptors (Lipinski definition) is 2. The summed E-state index contributed by atoms with van der Waals surface area (Å²) in [5.74, 6) is 0.830. The number of benzene rings is 2. The largest absolute Gasteiger partial charge is 0.497 e. The van der Waals surface area contributed by atoms with Crippen LogP contribution in [0.4, 0.5) is 0 Å². The smallest absolute Gasteiger partial charge is 0.119 e. The van der Waals surface area contributed by atoms with Crippen molar-refractivity contribution in [3.63, 3.8) is 0 Å². The van der Waals surface area contributed by atoms with Gasteiger partial charge in [0.05, 0.1) is 13.2 Å². The molecular weight excluding hydrogens is 236 g/mol. The van der Waals surface area contributed by atoms with Gasteiger partial charge in [-0.1, -0.05) is 36.4 Å². The first-order valence-electron chi connectivity index (χ1n) is 6.57. The van der Waals surface area contributed by atoms with E-state index in [1.807, 2.05) is 43.3 Å². The van der Waals surface area contributed by atoms with Crippen molar-refractivity contribution in [1.82, 2.24) is 0 Å². The van der Waals surface area contributed by atoms with E-state index in [1.165, 1.54) is 5.56 Å². The number of ether oxygens (including phenoxy) is 1. The fraction of sp³-hybridized carbons (Fsp3) is 0.294. The van der Waals surface area contributed by atoms with Crippen molar-refractivity contribution in [3.05, 3.63) is 65.2 Å². The van der Waals surface area contributed by atoms with Crippen LogP contribution in [0.5, 0.6) is 5.75 Å². The average molecular weight is 256 g/mol. The van der Waals surface area contributed by atoms with Gasteiger partial charge in [0.2, 0.25) is 0 Å². The molecule has 2 aromatic rings. The van der Waals surface area contributed by atoms with E-state index in [2.05, 4.69) is 12.1 Å². The topological polar surface area (TPSA) is 29.5 Å². The van der Waals surface area contributed by atoms with Crippen molar-refractivity contribution in [2.75, 3.05) is 7.11 Å². The van der Waals surface area contributed by atoms with E-state index < -0.39 is 6.10 Å². The molecule has 1 atom stereocenters. The zero-order valence-corrected chi connectivity index (χ0v) is 11.5. The monoisotopic (exact) mass is 256 g/mol. The fourth-order valence-electron chi connectivity index (χ4n) is 2.25. The van der Waals surface area contributed by atoms with Crippen LogP contribution in [0, 0.1) is 6.92 Å². The summed E-state index contributed by atoms with van der Waals surface area (Å²) in [5, 5.41) is 10.3. The van der Waals surface area contributed by atoms with Gasteiger partial charge in [-0.05, 0) is 48.6 Å². The van der Waals surface area contributed by atoms with Crippen molar-refractivity contribution in [1.29, 1.82) is 0 Å². The fourth-order valence-corrected chi connectivity index (χ4v) is 2.25. The molecule has 0 saturated carbocycles. The van der Waals surface area contributed by atoms with Gasteiger partial charge in [-0.3, -0.25) is 0 Å². The first-order valence-corrected chi connectivity index (χ1v) is 6.57. The van der Waals surface area contributed by atoms with E-state index in [-0.39, 0.29) is 0 Å². The number of methoxy groups -OCH3 is 1. The second-order valence-electron chi connectivity index (χ2n) is 4.76. The molecule has 2 aromatic carbocycles. The zero-order chi connectivity index (χ0) is 13.7. The molecule has 0 fully saturated rings. The highest BCUT2D eigenvalue weighted by Crippen LogP contribution is 2.25. The van der Waals surface area contributed by atoms with Gasteiger partial charge >= 0.3 is 0 Å². The van der Waals surface area contributed by atoms with E-state index in [1.54, 1.807) is 7.11 Å². The molecule has 1 N–H and O–H groups in total. The lowest BCUT2D eigenvalue weighted by molar-refractivity contribution is 0.167. The number of hydrogen-bond donors (Lipinski definition) is 1. The summed E-state index contributed by atoms with van der Waals surface area (Å²) < 4.78 is 5.18. The molecule has 0 bridgehead atoms. The first kappa shape index (κ1) is 13.6. The Hall–Kier alpha value is -1.80. The molecule has 0 aliphatic heterocycles. The second-order valence-corrected chi connectivity index (χ2v) is 4.76. The van der Waals surface area contributed by atoms with Crippen LogP contribution >= 0.6 is 0 Å². The van der Waals surface area contributed by atoms with Crippen LogP contribution in [-0.4, -0.2) is 12.2 Å². The molecule has 1 unspecified atom stereocenters. The Labute approximate surface area is 114 Å². The minimum atomic E-state index is -0.425. The second kappa shape index (κ2) is 6.39. The summed E-state index contributed by atoms with van der Waals surface area (Å²) in [7, 11) is 1.65. The van der Waals surface area contributed by atoms with E-state index in [0.717, 1.165) is 29.7 Å². The van der Waals surface area contributed by atoms with Crippen LogP contribution in [0.25, 0.3) is 0 Å². The summed E-state index contributed by atoms with van der Waals surface area (Å²) in [6.07, 6.45) is 1.19. The average Bonchev–Trinajstić information content (AvgIpc) is 2.45. The van der Waals surface area contributed by atoms with Crippen molar-refractivity contribution < 1.29 is 9.84 Å². The van der Waals surface area contributed by atoms with E-state index in [4.69, 9.17) is 4.74 Å². The van der Waals surface area contributed by atoms with Crippen molar-refractivity contribution in [2.45, 2.75) is 25.9 Å². The van der Waals surface area contributed by atoms with Crippen molar-refractivity contribution >= 4 is 0 Å². The van der Waals surface area contributed by atoms with E-state index in [0.29, 0.717) is 0 Å². The Bertz CT molecular complexity index is 520. The van der Waals surface area contributed by atoms with Crippen LogP contribution in [0.2, 0.25) is 0 Å². The summed E-state index contributed by atoms with van der Waals surface area (Å²) in [4.78, 5) is 0. The molecule has 19 heavy (non-hydrogen) atoms. The molecule has 0 radical (unpaired) electrons. The highest BCUT2D eigenvalue weighted by Gasteiger charge is 2.11. The lowest BCUT2D eigenvalue weighted by Gasteiger charge is -2.14. The number of aliphatic hydroxyl groups is 1. The van der Waals surface area contributed by atoms with Crippen LogP contribution in [0.1, 0.15) is 29.2 Å². The Morgan fingerprint density at radius 3 is 2.47 bits per heavy atom. The molecular formula is C17H20O2. The molecule has 100 valence electrons. The summed E-state index contributed by atoms with van der Waals surface area (Å²) >= 11 is 0. The van der Waals surface area contributed by atoms with E-state index in [9.17, 15) is 5.11 Å². The minimum Gasteiger partial charge on any atom is -0.497 e. The Morgan fingerprint density at radius 1 is 1.11 bits per heavy atom. The Kier molecular flexibility index (Phi) is 4.58. The van der Waals surface area contributed by atoms with Gasteiger partial charge < -0.3 is 9.84 Å². The van der Waals surface area contributed by atoms with Crippen LogP contribution in [0.15, 0.2) is 48.5 Å². The zero-order valence-electron chi connectivity index (χ0n) is 11.5. The van der Waals surface area contributed by atoms with Gasteiger partial charge in [-0.25, -0.2) is 0 Å². The van der Waals surface area contributed by atoms with Crippen LogP contribution in [-0.2, 0) is 6.42 Å². The van der Waals surface area contributed by atoms with E-state index >= 15 is 0 Å². The maximum Gasteiger partial charge on any atom is 0.119 e. The highest BCUT2D eigenvalue weighted by atomic mass is 16.5. The van der Waals surface area contributed by atoms with Gasteiger partial charge in [0.25, 0.3) is 0 Å². The number of rotatable bonds is 5. The molecule has 2 heteroatoms. The Balaban J connectivity index is 2.02. The quantitative estimate of drug-likeness (QED) is 0.884. The standard InChI is InChI=1S/C17H20O2/c1-13-12-15(19-2)9-10-16(13)17(18)11-8-14-6-4-3-5-7-14/h3-7,9-10,12,17-18H,8,11H2,1-2H3. The molecule has 0 heterocycles. The maximum absolute atomic E-state index is 10.3. The third-order valence-corrected chi connectivity index (χ3v) is 3.39. The SMILES string of the molecule is COc1ccc(C(O)CCc2ccccc2)c(C)c1. The number of aryl methyl sites for hydroxylation is 2. The summed E-state index contributed by atoms with van der Waals surface area (Å²) in [5.41, 5.74) is 3.31. The molecule has 0 saturated heterocycles. The molecule has 2 rings (SSSR count). The third-order valence-electron chi connectivity index (χ3n) is 3.39. The molecule has 2 nitrogen and oxygen atoms in total. The molecule has 0 aromatic heterocycles. The molecule has 0 aliphatic rings. The van der Waals surface area contributed by atoms with Crippen molar-refractivity contribution in [2.24, 2.45) is 0 Å². The predicted octanol–water partition coefficient (Wildman–Crippen LogP) is 3.67. The van der Waals surface area contributed by atoms with Gasteiger partial charge in [0.1, 0.15) is 5.75 Å². The van der Waals surface area contributed by atoms with Gasteiger partial charge in [0.15, 0.2) is 0 Å². The molecule has 0 amide bonds. The lowest BCUT2D eigenvalue weighted by atomic mass is 9.98. The van der Waals surface area contributed by atoms with Gasteiger partial charge in [-0.15, -0.1) is 0 Å². The Morgan fingerprint density at radius 2 is 1.84 bits per heavy atom. The third kappa shape index (κ3) is 3.58. The van der Waals surface area contributed by atoms with Gasteiger partial charge in [-0.2, -0.15) is 0 Å². The molecule has 0 aliphatic carbocycles. The van der Waals surface area contributed by atoms with Crippen LogP contribution in [0.3, 0.4) is 0 Å². The summed E-state index contributed by atoms with van der Waals surface area (Å²) in [6.45, 7) is 2.00. The molecule has 0 spiro atoms. The first-order chi connectivity index (χ1) is 9.20. The maximum atomic E-state index is 10.3. The minimum absolute atomic E-state index is 0.425. The van der Waals surface area contributed by atoms with Crippen molar-refractivity contribution in [3.8, 4) is 5.75 Å².